The summed E-state index contributed by atoms with van der Waals surface area (Å²) in [7, 11) is 4.09. The first-order chi connectivity index (χ1) is 13.5. The molecule has 3 rings (SSSR count). The number of aromatic nitrogens is 1. The lowest BCUT2D eigenvalue weighted by Gasteiger charge is -2.20. The predicted molar refractivity (Wildman–Crippen MR) is 111 cm³/mol. The number of carbonyl (C=O) groups excluding carboxylic acids is 1. The number of likely N-dealkylation sites (N-methyl/N-ethyl adjacent to an activating group) is 1. The van der Waals surface area contributed by atoms with Gasteiger partial charge in [-0.15, -0.1) is 0 Å². The fourth-order valence-corrected chi connectivity index (χ4v) is 3.84. The van der Waals surface area contributed by atoms with Crippen molar-refractivity contribution in [3.8, 4) is 5.75 Å². The maximum absolute atomic E-state index is 13.5. The van der Waals surface area contributed by atoms with Gasteiger partial charge in [-0.1, -0.05) is 23.5 Å². The van der Waals surface area contributed by atoms with Crippen molar-refractivity contribution in [2.45, 2.75) is 13.3 Å². The van der Waals surface area contributed by atoms with Crippen LogP contribution in [0, 0.1) is 5.82 Å². The number of thiazole rings is 1. The average Bonchev–Trinajstić information content (AvgIpc) is 3.06. The third-order valence-electron chi connectivity index (χ3n) is 4.30. The van der Waals surface area contributed by atoms with Crippen molar-refractivity contribution in [2.75, 3.05) is 38.7 Å². The largest absolute Gasteiger partial charge is 0.494 e. The summed E-state index contributed by atoms with van der Waals surface area (Å²) in [6, 6.07) is 12.1. The van der Waals surface area contributed by atoms with Crippen LogP contribution < -0.4 is 14.5 Å². The summed E-state index contributed by atoms with van der Waals surface area (Å²) < 4.78 is 19.7. The summed E-state index contributed by atoms with van der Waals surface area (Å²) in [6.07, 6.45) is 0.277. The van der Waals surface area contributed by atoms with Crippen LogP contribution >= 0.6 is 11.3 Å². The number of rotatable bonds is 8. The van der Waals surface area contributed by atoms with Crippen LogP contribution in [0.1, 0.15) is 12.5 Å². The van der Waals surface area contributed by atoms with Gasteiger partial charge >= 0.3 is 0 Å². The summed E-state index contributed by atoms with van der Waals surface area (Å²) in [5.41, 5.74) is 1.63. The highest BCUT2D eigenvalue weighted by Crippen LogP contribution is 2.29. The quantitative estimate of drug-likeness (QED) is 0.630. The molecule has 0 aliphatic rings. The molecule has 0 saturated heterocycles. The smallest absolute Gasteiger partial charge is 0.233 e. The van der Waals surface area contributed by atoms with Crippen LogP contribution in [0.15, 0.2) is 42.5 Å². The van der Waals surface area contributed by atoms with Gasteiger partial charge in [0.2, 0.25) is 5.91 Å². The molecule has 28 heavy (non-hydrogen) atoms. The first kappa shape index (κ1) is 20.2. The molecule has 0 aliphatic heterocycles. The third-order valence-corrected chi connectivity index (χ3v) is 5.34. The number of nitrogens with one attached hydrogen (secondary N) is 1. The lowest BCUT2D eigenvalue weighted by Crippen LogP contribution is -3.06. The fraction of sp³-hybridized carbons (Fsp3) is 0.333. The fourth-order valence-electron chi connectivity index (χ4n) is 2.80. The molecule has 0 bridgehead atoms. The van der Waals surface area contributed by atoms with Gasteiger partial charge in [0.1, 0.15) is 11.6 Å². The lowest BCUT2D eigenvalue weighted by molar-refractivity contribution is -0.856. The number of nitrogens with zero attached hydrogens (tertiary/aromatic N) is 2. The van der Waals surface area contributed by atoms with Crippen molar-refractivity contribution >= 4 is 32.6 Å². The maximum atomic E-state index is 13.5. The zero-order chi connectivity index (χ0) is 20.1. The molecule has 0 saturated carbocycles. The number of anilines is 1. The number of amides is 1. The van der Waals surface area contributed by atoms with E-state index >= 15 is 0 Å². The Balaban J connectivity index is 1.82. The number of ether oxygens (including phenoxy) is 1. The number of hydrogen-bond acceptors (Lipinski definition) is 4. The number of benzene rings is 2. The molecule has 7 heteroatoms. The standard InChI is InChI=1S/C21H24FN3O2S/c1-4-27-17-8-5-15(6-9-17)13-20(26)25(12-11-24(2)3)21-23-18-10-7-16(22)14-19(18)28-21/h5-10,14H,4,11-13H2,1-3H3/p+1. The van der Waals surface area contributed by atoms with E-state index in [9.17, 15) is 9.18 Å². The molecule has 1 amide bonds. The van der Waals surface area contributed by atoms with Gasteiger partial charge in [-0.2, -0.15) is 0 Å². The summed E-state index contributed by atoms with van der Waals surface area (Å²) in [4.78, 5) is 20.6. The molecule has 148 valence electrons. The van der Waals surface area contributed by atoms with E-state index in [4.69, 9.17) is 4.74 Å². The molecular weight excluding hydrogens is 377 g/mol. The highest BCUT2D eigenvalue weighted by Gasteiger charge is 2.21. The first-order valence-corrected chi connectivity index (χ1v) is 10.1. The second kappa shape index (κ2) is 9.12. The molecule has 1 heterocycles. The average molecular weight is 403 g/mol. The Bertz CT molecular complexity index is 940. The van der Waals surface area contributed by atoms with E-state index in [1.165, 1.54) is 28.4 Å². The second-order valence-electron chi connectivity index (χ2n) is 6.86. The van der Waals surface area contributed by atoms with Crippen molar-refractivity contribution in [3.63, 3.8) is 0 Å². The molecular formula is C21H25FN3O2S+. The zero-order valence-electron chi connectivity index (χ0n) is 16.4. The normalized spacial score (nSPS) is 11.2. The Hall–Kier alpha value is -2.51. The van der Waals surface area contributed by atoms with Gasteiger partial charge in [-0.25, -0.2) is 9.37 Å². The molecule has 0 unspecified atom stereocenters. The van der Waals surface area contributed by atoms with Gasteiger partial charge in [0, 0.05) is 0 Å². The van der Waals surface area contributed by atoms with E-state index in [0.717, 1.165) is 22.6 Å². The van der Waals surface area contributed by atoms with Crippen LogP contribution in [0.25, 0.3) is 10.2 Å². The summed E-state index contributed by atoms with van der Waals surface area (Å²) in [5.74, 6) is 0.470. The molecule has 2 aromatic carbocycles. The van der Waals surface area contributed by atoms with Crippen molar-refractivity contribution in [1.82, 2.24) is 4.98 Å². The van der Waals surface area contributed by atoms with Crippen LogP contribution in [0.3, 0.4) is 0 Å². The summed E-state index contributed by atoms with van der Waals surface area (Å²) in [6.45, 7) is 3.89. The second-order valence-corrected chi connectivity index (χ2v) is 7.87. The number of halogens is 1. The summed E-state index contributed by atoms with van der Waals surface area (Å²) in [5, 5.41) is 0.609. The van der Waals surface area contributed by atoms with Crippen molar-refractivity contribution in [2.24, 2.45) is 0 Å². The van der Waals surface area contributed by atoms with Gasteiger partial charge in [-0.3, -0.25) is 9.69 Å². The van der Waals surface area contributed by atoms with Crippen LogP contribution in [0.5, 0.6) is 5.75 Å². The van der Waals surface area contributed by atoms with Crippen molar-refractivity contribution in [1.29, 1.82) is 0 Å². The van der Waals surface area contributed by atoms with Gasteiger partial charge in [0.15, 0.2) is 5.13 Å². The lowest BCUT2D eigenvalue weighted by atomic mass is 10.1. The molecule has 0 fully saturated rings. The molecule has 1 aromatic heterocycles. The number of fused-ring (bicyclic) bond motifs is 1. The predicted octanol–water partition coefficient (Wildman–Crippen LogP) is 2.55. The molecule has 3 aromatic rings. The van der Waals surface area contributed by atoms with Crippen LogP contribution in [0.4, 0.5) is 9.52 Å². The van der Waals surface area contributed by atoms with Crippen molar-refractivity contribution < 1.29 is 18.8 Å². The monoisotopic (exact) mass is 402 g/mol. The van der Waals surface area contributed by atoms with E-state index < -0.39 is 0 Å². The first-order valence-electron chi connectivity index (χ1n) is 9.33. The number of carbonyl (C=O) groups is 1. The van der Waals surface area contributed by atoms with Crippen molar-refractivity contribution in [3.05, 3.63) is 53.8 Å². The highest BCUT2D eigenvalue weighted by molar-refractivity contribution is 7.22. The molecule has 0 atom stereocenters. The Morgan fingerprint density at radius 2 is 1.96 bits per heavy atom. The Morgan fingerprint density at radius 1 is 1.21 bits per heavy atom. The summed E-state index contributed by atoms with van der Waals surface area (Å²) >= 11 is 1.34. The third kappa shape index (κ3) is 5.05. The minimum Gasteiger partial charge on any atom is -0.494 e. The Morgan fingerprint density at radius 3 is 2.64 bits per heavy atom. The molecule has 0 aliphatic carbocycles. The topological polar surface area (TPSA) is 46.9 Å². The SMILES string of the molecule is CCOc1ccc(CC(=O)N(CC[NH+](C)C)c2nc3ccc(F)cc3s2)cc1. The van der Waals surface area contributed by atoms with Crippen LogP contribution in [-0.4, -0.2) is 44.7 Å². The van der Waals surface area contributed by atoms with E-state index in [1.54, 1.807) is 11.0 Å². The van der Waals surface area contributed by atoms with E-state index in [-0.39, 0.29) is 18.1 Å². The van der Waals surface area contributed by atoms with E-state index in [1.807, 2.05) is 45.3 Å². The molecule has 0 spiro atoms. The van der Waals surface area contributed by atoms with Gasteiger partial charge < -0.3 is 9.64 Å². The minimum absolute atomic E-state index is 0.0232. The van der Waals surface area contributed by atoms with E-state index in [0.29, 0.717) is 23.8 Å². The van der Waals surface area contributed by atoms with Gasteiger partial charge in [0.05, 0.1) is 50.4 Å². The van der Waals surface area contributed by atoms with Gasteiger partial charge in [-0.05, 0) is 42.8 Å². The zero-order valence-corrected chi connectivity index (χ0v) is 17.2. The van der Waals surface area contributed by atoms with E-state index in [2.05, 4.69) is 4.98 Å². The highest BCUT2D eigenvalue weighted by atomic mass is 32.1. The molecule has 0 radical (unpaired) electrons. The maximum Gasteiger partial charge on any atom is 0.233 e. The number of hydrogen-bond donors (Lipinski definition) is 1. The van der Waals surface area contributed by atoms with Crippen LogP contribution in [0.2, 0.25) is 0 Å². The Labute approximate surface area is 168 Å². The van der Waals surface area contributed by atoms with Crippen LogP contribution in [-0.2, 0) is 11.2 Å². The van der Waals surface area contributed by atoms with Gasteiger partial charge in [0.25, 0.3) is 0 Å². The Kier molecular flexibility index (Phi) is 6.59. The molecule has 1 N–H and O–H groups in total. The molecule has 5 nitrogen and oxygen atoms in total. The minimum atomic E-state index is -0.298. The number of quaternary nitrogens is 1.